The minimum Gasteiger partial charge on any atom is -0.505 e. The molecule has 0 aromatic heterocycles. The molecule has 3 rings (SSSR count). The first-order valence-electron chi connectivity index (χ1n) is 13.3. The number of rotatable bonds is 8. The Bertz CT molecular complexity index is 2280. The third-order valence-corrected chi connectivity index (χ3v) is 9.86. The van der Waals surface area contributed by atoms with Crippen LogP contribution < -0.4 is 5.73 Å². The minimum atomic E-state index is -5.13. The molecule has 3 aromatic carbocycles. The van der Waals surface area contributed by atoms with Gasteiger partial charge >= 0.3 is 0 Å². The van der Waals surface area contributed by atoms with Crippen molar-refractivity contribution in [3.8, 4) is 5.75 Å². The number of phenols is 1. The predicted octanol–water partition coefficient (Wildman–Crippen LogP) is 6.07. The number of hydrogen-bond acceptors (Lipinski definition) is 14. The highest BCUT2D eigenvalue weighted by Crippen LogP contribution is 2.48. The topological polar surface area (TPSA) is 325 Å². The van der Waals surface area contributed by atoms with Crippen LogP contribution in [0.5, 0.6) is 5.75 Å². The Hall–Kier alpha value is -4.16. The van der Waals surface area contributed by atoms with E-state index < -0.39 is 99.7 Å². The fourth-order valence-electron chi connectivity index (χ4n) is 3.50. The Balaban J connectivity index is 0.000000719. The van der Waals surface area contributed by atoms with Crippen LogP contribution in [0.25, 0.3) is 10.8 Å². The summed E-state index contributed by atoms with van der Waals surface area (Å²) in [6.07, 6.45) is 5.08. The van der Waals surface area contributed by atoms with Gasteiger partial charge in [0, 0.05) is 0 Å². The second kappa shape index (κ2) is 16.5. The monoisotopic (exact) mass is 765 g/mol. The van der Waals surface area contributed by atoms with Crippen molar-refractivity contribution in [2.75, 3.05) is 5.73 Å². The quantitative estimate of drug-likeness (QED) is 0.0593. The molecule has 49 heavy (non-hydrogen) atoms. The van der Waals surface area contributed by atoms with Crippen molar-refractivity contribution >= 4 is 74.0 Å². The number of aromatic hydroxyl groups is 1. The van der Waals surface area contributed by atoms with E-state index in [9.17, 15) is 52.4 Å². The lowest BCUT2D eigenvalue weighted by Crippen LogP contribution is -2.12. The maximum Gasteiger partial charge on any atom is 0.296 e. The van der Waals surface area contributed by atoms with E-state index >= 15 is 0 Å². The molecule has 3 aromatic rings. The fourth-order valence-corrected chi connectivity index (χ4v) is 5.90. The first kappa shape index (κ1) is 42.9. The molecule has 0 aliphatic rings. The Morgan fingerprint density at radius 2 is 1.29 bits per heavy atom. The first-order chi connectivity index (χ1) is 22.2. The lowest BCUT2D eigenvalue weighted by molar-refractivity contribution is 0.471. The van der Waals surface area contributed by atoms with Crippen molar-refractivity contribution in [2.45, 2.75) is 61.5 Å². The van der Waals surface area contributed by atoms with Crippen molar-refractivity contribution in [3.05, 3.63) is 59.7 Å². The van der Waals surface area contributed by atoms with E-state index in [1.165, 1.54) is 31.6 Å². The summed E-state index contributed by atoms with van der Waals surface area (Å²) in [6.45, 7) is 10.8. The van der Waals surface area contributed by atoms with Crippen LogP contribution in [0.1, 0.15) is 40.2 Å². The van der Waals surface area contributed by atoms with Crippen LogP contribution >= 0.6 is 0 Å². The number of benzene rings is 3. The van der Waals surface area contributed by atoms with E-state index in [1.54, 1.807) is 13.0 Å². The normalized spacial score (nSPS) is 12.9. The molecule has 0 saturated heterocycles. The van der Waals surface area contributed by atoms with Gasteiger partial charge in [-0.2, -0.15) is 38.8 Å². The van der Waals surface area contributed by atoms with Crippen molar-refractivity contribution in [2.24, 2.45) is 15.3 Å². The van der Waals surface area contributed by atoms with Crippen LogP contribution in [0.15, 0.2) is 84.2 Å². The van der Waals surface area contributed by atoms with Crippen LogP contribution in [-0.4, -0.2) is 62.2 Å². The maximum absolute atomic E-state index is 12.0. The SMILES string of the molecule is C/C=C\C(C)S(=O)(=O)O.CC=C(C)C.Cc1ccc(N=Nc2c(S(=O)(=O)O)cc3cc(S(=O)(=O)O)c(N=N)c(O)c3c2N)c(S(=O)(=O)O)c1. The van der Waals surface area contributed by atoms with E-state index in [4.69, 9.17) is 15.8 Å². The van der Waals surface area contributed by atoms with Gasteiger partial charge in [0.1, 0.15) is 37.0 Å². The molecule has 8 N–H and O–H groups in total. The Labute approximate surface area is 283 Å². The van der Waals surface area contributed by atoms with Crippen LogP contribution in [-0.2, 0) is 40.5 Å². The summed E-state index contributed by atoms with van der Waals surface area (Å²) in [4.78, 5) is -2.75. The second-order valence-corrected chi connectivity index (χ2v) is 16.1. The summed E-state index contributed by atoms with van der Waals surface area (Å²) >= 11 is 0. The van der Waals surface area contributed by atoms with Gasteiger partial charge in [0.05, 0.1) is 11.1 Å². The minimum absolute atomic E-state index is 0.416. The number of fused-ring (bicyclic) bond motifs is 1. The molecule has 0 radical (unpaired) electrons. The molecule has 18 nitrogen and oxygen atoms in total. The number of allylic oxidation sites excluding steroid dienone is 3. The number of hydrogen-bond donors (Lipinski definition) is 7. The molecule has 1 unspecified atom stereocenters. The molecular formula is C27H35N5O13S4. The van der Waals surface area contributed by atoms with Crippen LogP contribution in [0.2, 0.25) is 0 Å². The zero-order valence-corrected chi connectivity index (χ0v) is 30.0. The second-order valence-electron chi connectivity index (χ2n) is 10.1. The number of nitrogens with one attached hydrogen (secondary N) is 1. The van der Waals surface area contributed by atoms with E-state index in [0.29, 0.717) is 17.7 Å². The van der Waals surface area contributed by atoms with Gasteiger partial charge in [-0.3, -0.25) is 18.2 Å². The van der Waals surface area contributed by atoms with Gasteiger partial charge in [-0.25, -0.2) is 5.53 Å². The highest BCUT2D eigenvalue weighted by atomic mass is 32.2. The first-order valence-corrected chi connectivity index (χ1v) is 19.2. The Kier molecular flexibility index (Phi) is 14.4. The molecule has 0 saturated carbocycles. The molecule has 22 heteroatoms. The van der Waals surface area contributed by atoms with Crippen LogP contribution in [0.4, 0.5) is 22.7 Å². The van der Waals surface area contributed by atoms with Crippen molar-refractivity contribution < 1.29 is 57.0 Å². The average molecular weight is 766 g/mol. The number of anilines is 1. The third kappa shape index (κ3) is 11.7. The molecule has 0 heterocycles. The van der Waals surface area contributed by atoms with Gasteiger partial charge in [0.15, 0.2) is 5.75 Å². The largest absolute Gasteiger partial charge is 0.505 e. The van der Waals surface area contributed by atoms with Crippen LogP contribution in [0.3, 0.4) is 0 Å². The zero-order chi connectivity index (χ0) is 38.3. The fraction of sp³-hybridized carbons (Fsp3) is 0.259. The summed E-state index contributed by atoms with van der Waals surface area (Å²) in [7, 11) is -18.8. The van der Waals surface area contributed by atoms with Crippen molar-refractivity contribution in [1.82, 2.24) is 0 Å². The molecule has 0 spiro atoms. The third-order valence-electron chi connectivity index (χ3n) is 6.14. The summed E-state index contributed by atoms with van der Waals surface area (Å²) in [6, 6.07) is 4.90. The van der Waals surface area contributed by atoms with Crippen LogP contribution in [0, 0.1) is 12.5 Å². The highest BCUT2D eigenvalue weighted by molar-refractivity contribution is 7.87. The van der Waals surface area contributed by atoms with Gasteiger partial charge < -0.3 is 10.8 Å². The molecule has 0 aliphatic carbocycles. The molecular weight excluding hydrogens is 731 g/mol. The average Bonchev–Trinajstić information content (AvgIpc) is 2.95. The number of nitrogens with two attached hydrogens (primary N) is 1. The van der Waals surface area contributed by atoms with Gasteiger partial charge in [0.2, 0.25) is 0 Å². The predicted molar refractivity (Wildman–Crippen MR) is 181 cm³/mol. The van der Waals surface area contributed by atoms with Crippen molar-refractivity contribution in [1.29, 1.82) is 5.53 Å². The number of azo groups is 1. The summed E-state index contributed by atoms with van der Waals surface area (Å²) < 4.78 is 128. The Morgan fingerprint density at radius 3 is 1.65 bits per heavy atom. The number of aryl methyl sites for hydroxylation is 1. The Morgan fingerprint density at radius 1 is 0.816 bits per heavy atom. The molecule has 1 atom stereocenters. The maximum atomic E-state index is 12.0. The molecule has 270 valence electrons. The lowest BCUT2D eigenvalue weighted by atomic mass is 10.1. The van der Waals surface area contributed by atoms with E-state index in [2.05, 4.69) is 35.3 Å². The van der Waals surface area contributed by atoms with Gasteiger partial charge in [0.25, 0.3) is 40.5 Å². The van der Waals surface area contributed by atoms with E-state index in [-0.39, 0.29) is 0 Å². The van der Waals surface area contributed by atoms with E-state index in [0.717, 1.165) is 12.1 Å². The lowest BCUT2D eigenvalue weighted by Gasteiger charge is -2.14. The highest BCUT2D eigenvalue weighted by Gasteiger charge is 2.28. The number of nitrogens with zero attached hydrogens (tertiary/aromatic N) is 3. The van der Waals surface area contributed by atoms with Crippen molar-refractivity contribution in [3.63, 3.8) is 0 Å². The van der Waals surface area contributed by atoms with Gasteiger partial charge in [-0.1, -0.05) is 29.9 Å². The van der Waals surface area contributed by atoms with Gasteiger partial charge in [-0.15, -0.1) is 10.2 Å². The van der Waals surface area contributed by atoms with E-state index in [1.807, 2.05) is 6.92 Å². The standard InChI is InChI=1S/C17H15N5O10S3.C5H10O3S.C5H10/c1-7-2-3-9(10(4-7)33(24,25)26)21-22-15-11(34(27,28)29)5-8-6-12(35(30,31)32)16(20-19)17(23)13(8)14(15)18;1-3-4-5(2)9(6,7)8;1-4-5(2)3/h2-6,19,23H,18H2,1H3,(H,24,25,26)(H,27,28,29)(H,30,31,32);3-5H,1-2H3,(H,6,7,8);4H,1-3H3/b;4-3-;. The smallest absolute Gasteiger partial charge is 0.296 e. The summed E-state index contributed by atoms with van der Waals surface area (Å²) in [5, 5.41) is 18.9. The molecule has 0 bridgehead atoms. The molecule has 0 aliphatic heterocycles. The molecule has 0 amide bonds. The summed E-state index contributed by atoms with van der Waals surface area (Å²) in [5.41, 5.74) is 12.0. The number of phenolic OH excluding ortho intramolecular Hbond substituents is 1. The number of nitrogen functional groups attached to an aromatic ring is 1. The molecule has 0 fully saturated rings. The zero-order valence-electron chi connectivity index (χ0n) is 26.8. The summed E-state index contributed by atoms with van der Waals surface area (Å²) in [5.74, 6) is -1.05. The van der Waals surface area contributed by atoms with Gasteiger partial charge in [-0.05, 0) is 76.8 Å².